The third-order valence-corrected chi connectivity index (χ3v) is 5.88. The van der Waals surface area contributed by atoms with Crippen LogP contribution in [0.3, 0.4) is 0 Å². The average Bonchev–Trinajstić information content (AvgIpc) is 3.18. The molecule has 21 heavy (non-hydrogen) atoms. The number of halogens is 1. The van der Waals surface area contributed by atoms with Crippen LogP contribution in [0.25, 0.3) is 0 Å². The lowest BCUT2D eigenvalue weighted by Gasteiger charge is -2.26. The van der Waals surface area contributed by atoms with Gasteiger partial charge in [-0.3, -0.25) is 4.79 Å². The SMILES string of the molecule is O=C(c1csc(Cl)c1)N1CCC[C@H]1C[C@@H](O)c1cccs1. The van der Waals surface area contributed by atoms with Gasteiger partial charge in [0.1, 0.15) is 0 Å². The molecule has 1 aliphatic heterocycles. The van der Waals surface area contributed by atoms with Crippen LogP contribution in [-0.2, 0) is 0 Å². The Balaban J connectivity index is 1.69. The largest absolute Gasteiger partial charge is 0.387 e. The van der Waals surface area contributed by atoms with Crippen molar-refractivity contribution in [2.24, 2.45) is 0 Å². The Morgan fingerprint density at radius 2 is 2.38 bits per heavy atom. The highest BCUT2D eigenvalue weighted by Gasteiger charge is 2.31. The van der Waals surface area contributed by atoms with Crippen molar-refractivity contribution in [2.45, 2.75) is 31.4 Å². The third-order valence-electron chi connectivity index (χ3n) is 3.82. The van der Waals surface area contributed by atoms with E-state index in [1.54, 1.807) is 22.8 Å². The van der Waals surface area contributed by atoms with Gasteiger partial charge in [0.05, 0.1) is 16.0 Å². The summed E-state index contributed by atoms with van der Waals surface area (Å²) in [5.74, 6) is 0.0269. The molecule has 1 amide bonds. The molecule has 112 valence electrons. The van der Waals surface area contributed by atoms with E-state index in [9.17, 15) is 9.90 Å². The second-order valence-corrected chi connectivity index (χ2v) is 7.72. The number of carbonyl (C=O) groups excluding carboxylic acids is 1. The molecule has 2 aromatic heterocycles. The van der Waals surface area contributed by atoms with Crippen molar-refractivity contribution in [1.82, 2.24) is 4.90 Å². The van der Waals surface area contributed by atoms with Crippen LogP contribution >= 0.6 is 34.3 Å². The van der Waals surface area contributed by atoms with Crippen molar-refractivity contribution in [2.75, 3.05) is 6.54 Å². The highest BCUT2D eigenvalue weighted by atomic mass is 35.5. The molecule has 3 rings (SSSR count). The van der Waals surface area contributed by atoms with E-state index in [1.165, 1.54) is 11.3 Å². The molecule has 1 N–H and O–H groups in total. The van der Waals surface area contributed by atoms with Crippen LogP contribution in [0.5, 0.6) is 0 Å². The van der Waals surface area contributed by atoms with Gasteiger partial charge in [-0.25, -0.2) is 0 Å². The first-order valence-electron chi connectivity index (χ1n) is 6.91. The van der Waals surface area contributed by atoms with E-state index in [0.29, 0.717) is 16.3 Å². The summed E-state index contributed by atoms with van der Waals surface area (Å²) in [4.78, 5) is 15.4. The van der Waals surface area contributed by atoms with E-state index in [1.807, 2.05) is 22.4 Å². The Hall–Kier alpha value is -0.880. The quantitative estimate of drug-likeness (QED) is 0.905. The van der Waals surface area contributed by atoms with Gasteiger partial charge in [0.15, 0.2) is 0 Å². The normalized spacial score (nSPS) is 19.9. The monoisotopic (exact) mass is 341 g/mol. The van der Waals surface area contributed by atoms with Crippen molar-refractivity contribution in [3.05, 3.63) is 43.7 Å². The summed E-state index contributed by atoms with van der Waals surface area (Å²) >= 11 is 8.84. The van der Waals surface area contributed by atoms with Crippen molar-refractivity contribution in [3.63, 3.8) is 0 Å². The topological polar surface area (TPSA) is 40.5 Å². The molecule has 0 spiro atoms. The lowest BCUT2D eigenvalue weighted by atomic mass is 10.1. The van der Waals surface area contributed by atoms with Crippen LogP contribution in [0.2, 0.25) is 4.34 Å². The summed E-state index contributed by atoms with van der Waals surface area (Å²) in [6.45, 7) is 0.758. The minimum Gasteiger partial charge on any atom is -0.387 e. The lowest BCUT2D eigenvalue weighted by Crippen LogP contribution is -2.36. The van der Waals surface area contributed by atoms with Gasteiger partial charge in [0, 0.05) is 22.8 Å². The van der Waals surface area contributed by atoms with Crippen molar-refractivity contribution in [3.8, 4) is 0 Å². The zero-order valence-electron chi connectivity index (χ0n) is 11.4. The zero-order valence-corrected chi connectivity index (χ0v) is 13.8. The van der Waals surface area contributed by atoms with Crippen molar-refractivity contribution >= 4 is 40.2 Å². The van der Waals surface area contributed by atoms with Gasteiger partial charge >= 0.3 is 0 Å². The molecule has 6 heteroatoms. The van der Waals surface area contributed by atoms with Gasteiger partial charge in [-0.1, -0.05) is 17.7 Å². The summed E-state index contributed by atoms with van der Waals surface area (Å²) in [6.07, 6.45) is 2.05. The molecule has 0 bridgehead atoms. The summed E-state index contributed by atoms with van der Waals surface area (Å²) in [5, 5.41) is 14.1. The summed E-state index contributed by atoms with van der Waals surface area (Å²) in [5.41, 5.74) is 0.655. The van der Waals surface area contributed by atoms with E-state index in [4.69, 9.17) is 11.6 Å². The van der Waals surface area contributed by atoms with E-state index in [0.717, 1.165) is 24.3 Å². The van der Waals surface area contributed by atoms with Crippen LogP contribution in [0.1, 0.15) is 40.6 Å². The number of amides is 1. The van der Waals surface area contributed by atoms with Gasteiger partial charge < -0.3 is 10.0 Å². The Kier molecular flexibility index (Phi) is 4.64. The molecule has 1 saturated heterocycles. The first-order chi connectivity index (χ1) is 10.1. The number of rotatable bonds is 4. The smallest absolute Gasteiger partial charge is 0.255 e. The summed E-state index contributed by atoms with van der Waals surface area (Å²) in [6, 6.07) is 5.70. The molecule has 0 saturated carbocycles. The van der Waals surface area contributed by atoms with E-state index < -0.39 is 6.10 Å². The van der Waals surface area contributed by atoms with Crippen molar-refractivity contribution < 1.29 is 9.90 Å². The Morgan fingerprint density at radius 1 is 1.52 bits per heavy atom. The standard InChI is InChI=1S/C15H16ClNO2S2/c16-14-7-10(9-21-14)15(19)17-5-1-3-11(17)8-12(18)13-4-2-6-20-13/h2,4,6-7,9,11-12,18H,1,3,5,8H2/t11-,12+/m0/s1. The fourth-order valence-corrected chi connectivity index (χ4v) is 4.37. The molecule has 3 nitrogen and oxygen atoms in total. The number of aliphatic hydroxyl groups excluding tert-OH is 1. The minimum absolute atomic E-state index is 0.0269. The maximum atomic E-state index is 12.5. The molecule has 0 radical (unpaired) electrons. The second-order valence-electron chi connectivity index (χ2n) is 5.20. The molecular weight excluding hydrogens is 326 g/mol. The van der Waals surface area contributed by atoms with Gasteiger partial charge in [-0.15, -0.1) is 22.7 Å². The number of thiophene rings is 2. The maximum Gasteiger partial charge on any atom is 0.255 e. The number of hydrogen-bond acceptors (Lipinski definition) is 4. The van der Waals surface area contributed by atoms with E-state index in [2.05, 4.69) is 0 Å². The Morgan fingerprint density at radius 3 is 3.05 bits per heavy atom. The predicted molar refractivity (Wildman–Crippen MR) is 87.3 cm³/mol. The average molecular weight is 342 g/mol. The van der Waals surface area contributed by atoms with Crippen LogP contribution in [-0.4, -0.2) is 28.5 Å². The highest BCUT2D eigenvalue weighted by molar-refractivity contribution is 7.14. The van der Waals surface area contributed by atoms with Gasteiger partial charge in [-0.05, 0) is 36.8 Å². The van der Waals surface area contributed by atoms with Crippen LogP contribution in [0.4, 0.5) is 0 Å². The number of carbonyl (C=O) groups is 1. The molecular formula is C15H16ClNO2S2. The predicted octanol–water partition coefficient (Wildman–Crippen LogP) is 4.19. The molecule has 1 fully saturated rings. The zero-order chi connectivity index (χ0) is 14.8. The van der Waals surface area contributed by atoms with Gasteiger partial charge in [0.25, 0.3) is 5.91 Å². The van der Waals surface area contributed by atoms with Gasteiger partial charge in [-0.2, -0.15) is 0 Å². The van der Waals surface area contributed by atoms with Gasteiger partial charge in [0.2, 0.25) is 0 Å². The van der Waals surface area contributed by atoms with E-state index >= 15 is 0 Å². The first-order valence-corrected chi connectivity index (χ1v) is 9.05. The van der Waals surface area contributed by atoms with Crippen LogP contribution in [0.15, 0.2) is 29.0 Å². The minimum atomic E-state index is -0.491. The fraction of sp³-hybridized carbons (Fsp3) is 0.400. The van der Waals surface area contributed by atoms with Crippen LogP contribution < -0.4 is 0 Å². The Bertz CT molecular complexity index is 611. The second kappa shape index (κ2) is 6.48. The number of nitrogens with zero attached hydrogens (tertiary/aromatic N) is 1. The number of likely N-dealkylation sites (tertiary alicyclic amines) is 1. The van der Waals surface area contributed by atoms with Crippen molar-refractivity contribution in [1.29, 1.82) is 0 Å². The molecule has 2 atom stereocenters. The lowest BCUT2D eigenvalue weighted by molar-refractivity contribution is 0.0670. The highest BCUT2D eigenvalue weighted by Crippen LogP contribution is 2.31. The fourth-order valence-electron chi connectivity index (χ4n) is 2.79. The molecule has 1 aliphatic rings. The third kappa shape index (κ3) is 3.31. The van der Waals surface area contributed by atoms with E-state index in [-0.39, 0.29) is 11.9 Å². The summed E-state index contributed by atoms with van der Waals surface area (Å²) < 4.78 is 0.632. The molecule has 0 aromatic carbocycles. The molecule has 2 aromatic rings. The summed E-state index contributed by atoms with van der Waals surface area (Å²) in [7, 11) is 0. The molecule has 3 heterocycles. The maximum absolute atomic E-state index is 12.5. The molecule has 0 unspecified atom stereocenters. The number of hydrogen-bond donors (Lipinski definition) is 1. The Labute approximate surface area is 136 Å². The number of aliphatic hydroxyl groups is 1. The molecule has 0 aliphatic carbocycles. The first kappa shape index (κ1) is 15.0. The van der Waals surface area contributed by atoms with Crippen LogP contribution in [0, 0.1) is 0 Å².